The highest BCUT2D eigenvalue weighted by Crippen LogP contribution is 2.35. The predicted molar refractivity (Wildman–Crippen MR) is 149 cm³/mol. The minimum atomic E-state index is -0.136. The zero-order valence-electron chi connectivity index (χ0n) is 22.2. The van der Waals surface area contributed by atoms with E-state index < -0.39 is 0 Å². The van der Waals surface area contributed by atoms with Crippen molar-refractivity contribution in [1.29, 1.82) is 0 Å². The molecule has 3 aliphatic rings. The van der Waals surface area contributed by atoms with Gasteiger partial charge in [0.15, 0.2) is 0 Å². The Balaban J connectivity index is 1.24. The van der Waals surface area contributed by atoms with E-state index in [1.165, 1.54) is 16.0 Å². The van der Waals surface area contributed by atoms with Crippen LogP contribution < -0.4 is 4.74 Å². The van der Waals surface area contributed by atoms with Crippen molar-refractivity contribution >= 4 is 17.7 Å². The molecule has 0 saturated carbocycles. The van der Waals surface area contributed by atoms with E-state index in [0.29, 0.717) is 17.2 Å². The summed E-state index contributed by atoms with van der Waals surface area (Å²) in [6.07, 6.45) is 4.58. The summed E-state index contributed by atoms with van der Waals surface area (Å²) in [7, 11) is 1.69. The number of aliphatic hydroxyl groups excluding tert-OH is 1. The highest BCUT2D eigenvalue weighted by Gasteiger charge is 2.40. The van der Waals surface area contributed by atoms with Crippen LogP contribution in [0.4, 0.5) is 0 Å². The molecule has 7 heteroatoms. The first-order valence-electron chi connectivity index (χ1n) is 13.8. The smallest absolute Gasteiger partial charge is 0.239 e. The zero-order chi connectivity index (χ0) is 25.8. The maximum Gasteiger partial charge on any atom is 0.239 e. The Morgan fingerprint density at radius 2 is 1.76 bits per heavy atom. The number of amides is 1. The SMILES string of the molecule is COc1ccc(S[C@H]2C[C@@H](C(=O)N3CCC(N4CCC(O)CC4)CC3)N(Cc3cccc(C)c3)C2)cc1. The second-order valence-corrected chi connectivity index (χ2v) is 12.3. The number of carbonyl (C=O) groups excluding carboxylic acids is 1. The van der Waals surface area contributed by atoms with Crippen molar-refractivity contribution in [3.63, 3.8) is 0 Å². The Kier molecular flexibility index (Phi) is 8.75. The van der Waals surface area contributed by atoms with Gasteiger partial charge in [-0.05, 0) is 68.9 Å². The van der Waals surface area contributed by atoms with Crippen LogP contribution in [0.5, 0.6) is 5.75 Å². The number of aryl methyl sites for hydroxylation is 1. The van der Waals surface area contributed by atoms with E-state index in [4.69, 9.17) is 4.74 Å². The molecule has 3 aliphatic heterocycles. The lowest BCUT2D eigenvalue weighted by Crippen LogP contribution is -2.52. The number of thioether (sulfide) groups is 1. The van der Waals surface area contributed by atoms with E-state index in [2.05, 4.69) is 58.0 Å². The third kappa shape index (κ3) is 6.69. The lowest BCUT2D eigenvalue weighted by atomic mass is 9.98. The molecule has 3 heterocycles. The van der Waals surface area contributed by atoms with Gasteiger partial charge in [0.05, 0.1) is 19.3 Å². The van der Waals surface area contributed by atoms with Gasteiger partial charge in [-0.2, -0.15) is 0 Å². The van der Waals surface area contributed by atoms with Crippen molar-refractivity contribution < 1.29 is 14.6 Å². The molecular weight excluding hydrogens is 482 g/mol. The molecule has 0 bridgehead atoms. The van der Waals surface area contributed by atoms with Crippen molar-refractivity contribution in [3.05, 3.63) is 59.7 Å². The molecule has 37 heavy (non-hydrogen) atoms. The van der Waals surface area contributed by atoms with Crippen LogP contribution in [0.3, 0.4) is 0 Å². The number of benzene rings is 2. The number of carbonyl (C=O) groups is 1. The fraction of sp³-hybridized carbons (Fsp3) is 0.567. The largest absolute Gasteiger partial charge is 0.497 e. The average molecular weight is 524 g/mol. The molecule has 200 valence electrons. The van der Waals surface area contributed by atoms with E-state index in [1.807, 2.05) is 23.9 Å². The molecule has 0 aromatic heterocycles. The first-order valence-corrected chi connectivity index (χ1v) is 14.7. The quantitative estimate of drug-likeness (QED) is 0.588. The first kappa shape index (κ1) is 26.5. The maximum atomic E-state index is 13.9. The molecule has 1 amide bonds. The second-order valence-electron chi connectivity index (χ2n) is 10.9. The summed E-state index contributed by atoms with van der Waals surface area (Å²) in [6, 6.07) is 17.4. The number of methoxy groups -OCH3 is 1. The highest BCUT2D eigenvalue weighted by molar-refractivity contribution is 8.00. The van der Waals surface area contributed by atoms with Gasteiger partial charge < -0.3 is 19.6 Å². The van der Waals surface area contributed by atoms with Gasteiger partial charge in [0.1, 0.15) is 5.75 Å². The van der Waals surface area contributed by atoms with Crippen LogP contribution in [0.1, 0.15) is 43.2 Å². The number of nitrogens with zero attached hydrogens (tertiary/aromatic N) is 3. The zero-order valence-corrected chi connectivity index (χ0v) is 23.0. The monoisotopic (exact) mass is 523 g/mol. The van der Waals surface area contributed by atoms with E-state index >= 15 is 0 Å². The summed E-state index contributed by atoms with van der Waals surface area (Å²) in [6.45, 7) is 7.50. The van der Waals surface area contributed by atoms with Crippen LogP contribution in [0, 0.1) is 6.92 Å². The lowest BCUT2D eigenvalue weighted by molar-refractivity contribution is -0.137. The summed E-state index contributed by atoms with van der Waals surface area (Å²) in [5.41, 5.74) is 2.54. The number of hydrogen-bond acceptors (Lipinski definition) is 6. The maximum absolute atomic E-state index is 13.9. The summed E-state index contributed by atoms with van der Waals surface area (Å²) < 4.78 is 5.32. The van der Waals surface area contributed by atoms with Crippen molar-refractivity contribution in [3.8, 4) is 5.75 Å². The van der Waals surface area contributed by atoms with Crippen LogP contribution in [-0.4, -0.2) is 89.0 Å². The van der Waals surface area contributed by atoms with Gasteiger partial charge in [0.2, 0.25) is 5.91 Å². The number of aliphatic hydroxyl groups is 1. The topological polar surface area (TPSA) is 56.3 Å². The Bertz CT molecular complexity index is 1030. The van der Waals surface area contributed by atoms with E-state index in [9.17, 15) is 9.90 Å². The van der Waals surface area contributed by atoms with Gasteiger partial charge in [-0.3, -0.25) is 9.69 Å². The fourth-order valence-electron chi connectivity index (χ4n) is 6.18. The van der Waals surface area contributed by atoms with Gasteiger partial charge in [0, 0.05) is 55.5 Å². The van der Waals surface area contributed by atoms with E-state index in [1.54, 1.807) is 7.11 Å². The van der Waals surface area contributed by atoms with Crippen LogP contribution in [-0.2, 0) is 11.3 Å². The molecule has 0 unspecified atom stereocenters. The van der Waals surface area contributed by atoms with Crippen molar-refractivity contribution in [2.24, 2.45) is 0 Å². The number of hydrogen-bond donors (Lipinski definition) is 1. The van der Waals surface area contributed by atoms with Gasteiger partial charge >= 0.3 is 0 Å². The van der Waals surface area contributed by atoms with E-state index in [-0.39, 0.29) is 12.1 Å². The third-order valence-electron chi connectivity index (χ3n) is 8.27. The molecule has 0 radical (unpaired) electrons. The third-order valence-corrected chi connectivity index (χ3v) is 9.49. The summed E-state index contributed by atoms with van der Waals surface area (Å²) >= 11 is 1.88. The first-order chi connectivity index (χ1) is 18.0. The van der Waals surface area contributed by atoms with Gasteiger partial charge in [-0.15, -0.1) is 11.8 Å². The lowest BCUT2D eigenvalue weighted by Gasteiger charge is -2.42. The summed E-state index contributed by atoms with van der Waals surface area (Å²) in [5, 5.41) is 10.2. The van der Waals surface area contributed by atoms with Crippen molar-refractivity contribution in [2.75, 3.05) is 39.8 Å². The van der Waals surface area contributed by atoms with Crippen LogP contribution in [0.2, 0.25) is 0 Å². The highest BCUT2D eigenvalue weighted by atomic mass is 32.2. The number of piperidine rings is 2. The molecule has 2 aromatic rings. The van der Waals surface area contributed by atoms with Gasteiger partial charge in [-0.1, -0.05) is 29.8 Å². The van der Waals surface area contributed by atoms with Crippen molar-refractivity contribution in [2.45, 2.75) is 73.9 Å². The molecule has 0 spiro atoms. The van der Waals surface area contributed by atoms with Crippen LogP contribution >= 0.6 is 11.8 Å². The molecule has 3 saturated heterocycles. The second kappa shape index (κ2) is 12.2. The van der Waals surface area contributed by atoms with Crippen LogP contribution in [0.25, 0.3) is 0 Å². The Hall–Kier alpha value is -2.06. The Morgan fingerprint density at radius 1 is 1.03 bits per heavy atom. The minimum Gasteiger partial charge on any atom is -0.497 e. The molecule has 5 rings (SSSR count). The molecule has 1 N–H and O–H groups in total. The van der Waals surface area contributed by atoms with E-state index in [0.717, 1.165) is 77.1 Å². The molecular formula is C30H41N3O3S. The molecule has 2 atom stereocenters. The van der Waals surface area contributed by atoms with Crippen LogP contribution in [0.15, 0.2) is 53.4 Å². The Morgan fingerprint density at radius 3 is 2.43 bits per heavy atom. The minimum absolute atomic E-state index is 0.0713. The van der Waals surface area contributed by atoms with Gasteiger partial charge in [0.25, 0.3) is 0 Å². The average Bonchev–Trinajstić information content (AvgIpc) is 3.31. The Labute approximate surface area is 226 Å². The van der Waals surface area contributed by atoms with Crippen molar-refractivity contribution in [1.82, 2.24) is 14.7 Å². The fourth-order valence-corrected chi connectivity index (χ4v) is 7.41. The normalized spacial score (nSPS) is 24.5. The van der Waals surface area contributed by atoms with Gasteiger partial charge in [-0.25, -0.2) is 0 Å². The number of rotatable bonds is 7. The number of ether oxygens (including phenoxy) is 1. The summed E-state index contributed by atoms with van der Waals surface area (Å²) in [4.78, 5) is 22.2. The molecule has 0 aliphatic carbocycles. The molecule has 6 nitrogen and oxygen atoms in total. The summed E-state index contributed by atoms with van der Waals surface area (Å²) in [5.74, 6) is 1.17. The number of likely N-dealkylation sites (tertiary alicyclic amines) is 3. The standard InChI is InChI=1S/C30H41N3O3S/c1-22-4-3-5-23(18-22)20-33-21-28(37-27-8-6-26(36-2)7-9-27)19-29(33)30(35)32-14-10-24(11-15-32)31-16-12-25(34)13-17-31/h3-9,18,24-25,28-29,34H,10-17,19-21H2,1-2H3/t28-,29-/m0/s1. The predicted octanol–water partition coefficient (Wildman–Crippen LogP) is 4.19. The molecule has 3 fully saturated rings. The molecule has 2 aromatic carbocycles.